The standard InChI is InChI=1S/C18H15NO3S/c1-21-14-9-7-12(8-10-14)16-19-15(18(20)22-16)11-23-17(19)13-5-3-2-4-6-13/h2-10,17H,11H2,1H3/t17-/m1/s1. The van der Waals surface area contributed by atoms with Crippen LogP contribution in [0.4, 0.5) is 0 Å². The quantitative estimate of drug-likeness (QED) is 0.694. The van der Waals surface area contributed by atoms with Crippen LogP contribution in [0.3, 0.4) is 0 Å². The molecule has 0 amide bonds. The van der Waals surface area contributed by atoms with E-state index in [4.69, 9.17) is 9.15 Å². The normalized spacial score (nSPS) is 16.3. The third-order valence-corrected chi connectivity index (χ3v) is 5.21. The predicted octanol–water partition coefficient (Wildman–Crippen LogP) is 3.11. The highest BCUT2D eigenvalue weighted by molar-refractivity contribution is 7.98. The summed E-state index contributed by atoms with van der Waals surface area (Å²) in [5.74, 6) is 1.80. The van der Waals surface area contributed by atoms with Crippen molar-refractivity contribution < 1.29 is 18.8 Å². The summed E-state index contributed by atoms with van der Waals surface area (Å²) in [6.07, 6.45) is 0. The van der Waals surface area contributed by atoms with Gasteiger partial charge in [0.15, 0.2) is 0 Å². The maximum atomic E-state index is 12.2. The lowest BCUT2D eigenvalue weighted by molar-refractivity contribution is -0.684. The molecule has 0 bridgehead atoms. The van der Waals surface area contributed by atoms with Gasteiger partial charge >= 0.3 is 0 Å². The van der Waals surface area contributed by atoms with Crippen LogP contribution in [0.15, 0.2) is 59.0 Å². The van der Waals surface area contributed by atoms with Gasteiger partial charge in [-0.2, -0.15) is 4.57 Å². The Morgan fingerprint density at radius 3 is 2.57 bits per heavy atom. The van der Waals surface area contributed by atoms with Crippen molar-refractivity contribution >= 4 is 11.8 Å². The second-order valence-corrected chi connectivity index (χ2v) is 6.38. The summed E-state index contributed by atoms with van der Waals surface area (Å²) in [5, 5.41) is 12.2. The summed E-state index contributed by atoms with van der Waals surface area (Å²) >= 11 is 1.74. The zero-order valence-electron chi connectivity index (χ0n) is 12.6. The largest absolute Gasteiger partial charge is 0.540 e. The van der Waals surface area contributed by atoms with Gasteiger partial charge in [0, 0.05) is 5.56 Å². The highest BCUT2D eigenvalue weighted by atomic mass is 32.2. The fourth-order valence-electron chi connectivity index (χ4n) is 2.82. The van der Waals surface area contributed by atoms with Crippen LogP contribution < -0.4 is 14.4 Å². The summed E-state index contributed by atoms with van der Waals surface area (Å²) in [4.78, 5) is 0. The number of hydrogen-bond donors (Lipinski definition) is 0. The number of rotatable bonds is 3. The van der Waals surface area contributed by atoms with E-state index < -0.39 is 0 Å². The molecule has 0 saturated carbocycles. The van der Waals surface area contributed by atoms with E-state index in [2.05, 4.69) is 12.1 Å². The second kappa shape index (κ2) is 5.66. The number of methoxy groups -OCH3 is 1. The maximum Gasteiger partial charge on any atom is 0.270 e. The van der Waals surface area contributed by atoms with Crippen LogP contribution in [0.25, 0.3) is 11.5 Å². The zero-order valence-corrected chi connectivity index (χ0v) is 13.4. The molecule has 0 fully saturated rings. The van der Waals surface area contributed by atoms with Crippen LogP contribution >= 0.6 is 11.8 Å². The molecule has 0 aliphatic carbocycles. The predicted molar refractivity (Wildman–Crippen MR) is 86.2 cm³/mol. The lowest BCUT2D eigenvalue weighted by Crippen LogP contribution is -2.38. The third-order valence-electron chi connectivity index (χ3n) is 3.97. The molecule has 2 aromatic carbocycles. The first-order chi connectivity index (χ1) is 11.3. The van der Waals surface area contributed by atoms with E-state index in [1.54, 1.807) is 18.9 Å². The molecule has 116 valence electrons. The first kappa shape index (κ1) is 14.2. The molecule has 3 aromatic rings. The third kappa shape index (κ3) is 2.37. The maximum absolute atomic E-state index is 12.2. The number of thioether (sulfide) groups is 1. The Kier molecular flexibility index (Phi) is 3.50. The van der Waals surface area contributed by atoms with Crippen molar-refractivity contribution in [1.29, 1.82) is 0 Å². The highest BCUT2D eigenvalue weighted by Crippen LogP contribution is 2.40. The van der Waals surface area contributed by atoms with E-state index in [0.29, 0.717) is 11.6 Å². The van der Waals surface area contributed by atoms with E-state index in [9.17, 15) is 5.11 Å². The molecule has 1 atom stereocenters. The molecule has 4 nitrogen and oxygen atoms in total. The van der Waals surface area contributed by atoms with Gasteiger partial charge < -0.3 is 14.3 Å². The van der Waals surface area contributed by atoms with Crippen molar-refractivity contribution in [1.82, 2.24) is 0 Å². The lowest BCUT2D eigenvalue weighted by Gasteiger charge is -2.08. The molecule has 5 heteroatoms. The fourth-order valence-corrected chi connectivity index (χ4v) is 4.11. The Bertz CT molecular complexity index is 827. The first-order valence-corrected chi connectivity index (χ1v) is 8.38. The SMILES string of the molecule is COc1ccc(-c2oc([O-])c3[n+]2[C@@H](c2ccccc2)SC3)cc1. The summed E-state index contributed by atoms with van der Waals surface area (Å²) in [6, 6.07) is 17.7. The van der Waals surface area contributed by atoms with Gasteiger partial charge in [-0.3, -0.25) is 0 Å². The number of benzene rings is 2. The molecule has 0 N–H and O–H groups in total. The van der Waals surface area contributed by atoms with Crippen LogP contribution in [0.2, 0.25) is 0 Å². The monoisotopic (exact) mass is 325 g/mol. The molecule has 0 saturated heterocycles. The number of nitrogens with zero attached hydrogens (tertiary/aromatic N) is 1. The minimum absolute atomic E-state index is 0.0646. The highest BCUT2D eigenvalue weighted by Gasteiger charge is 2.38. The van der Waals surface area contributed by atoms with Crippen molar-refractivity contribution in [2.24, 2.45) is 0 Å². The molecule has 2 heterocycles. The Hall–Kier alpha value is -2.40. The van der Waals surface area contributed by atoms with Crippen molar-refractivity contribution in [2.45, 2.75) is 11.1 Å². The Labute approximate surface area is 138 Å². The summed E-state index contributed by atoms with van der Waals surface area (Å²) < 4.78 is 12.8. The van der Waals surface area contributed by atoms with Crippen LogP contribution in [0.5, 0.6) is 11.7 Å². The topological polar surface area (TPSA) is 49.3 Å². The van der Waals surface area contributed by atoms with Crippen LogP contribution in [-0.4, -0.2) is 7.11 Å². The fraction of sp³-hybridized carbons (Fsp3) is 0.167. The van der Waals surface area contributed by atoms with Crippen molar-refractivity contribution in [3.63, 3.8) is 0 Å². The Balaban J connectivity index is 1.82. The van der Waals surface area contributed by atoms with Crippen molar-refractivity contribution in [3.8, 4) is 23.1 Å². The molecule has 4 rings (SSSR count). The minimum Gasteiger partial charge on any atom is -0.540 e. The van der Waals surface area contributed by atoms with Crippen LogP contribution in [-0.2, 0) is 5.75 Å². The van der Waals surface area contributed by atoms with E-state index >= 15 is 0 Å². The van der Waals surface area contributed by atoms with Gasteiger partial charge in [0.25, 0.3) is 5.89 Å². The Morgan fingerprint density at radius 2 is 1.87 bits per heavy atom. The van der Waals surface area contributed by atoms with Gasteiger partial charge in [-0.25, -0.2) is 0 Å². The molecule has 23 heavy (non-hydrogen) atoms. The molecule has 1 aromatic heterocycles. The van der Waals surface area contributed by atoms with Gasteiger partial charge in [-0.05, 0) is 24.3 Å². The number of fused-ring (bicyclic) bond motifs is 1. The van der Waals surface area contributed by atoms with Gasteiger partial charge in [-0.1, -0.05) is 42.1 Å². The molecule has 1 aliphatic rings. The van der Waals surface area contributed by atoms with Crippen molar-refractivity contribution in [2.75, 3.05) is 7.11 Å². The molecule has 0 spiro atoms. The van der Waals surface area contributed by atoms with Gasteiger partial charge in [0.2, 0.25) is 11.1 Å². The van der Waals surface area contributed by atoms with Crippen LogP contribution in [0.1, 0.15) is 16.6 Å². The minimum atomic E-state index is -0.248. The summed E-state index contributed by atoms with van der Waals surface area (Å²) in [7, 11) is 1.63. The van der Waals surface area contributed by atoms with E-state index in [1.165, 1.54) is 0 Å². The van der Waals surface area contributed by atoms with E-state index in [-0.39, 0.29) is 11.3 Å². The lowest BCUT2D eigenvalue weighted by atomic mass is 10.2. The Morgan fingerprint density at radius 1 is 1.13 bits per heavy atom. The average Bonchev–Trinajstić information content (AvgIpc) is 3.17. The summed E-state index contributed by atoms with van der Waals surface area (Å²) in [5.41, 5.74) is 2.75. The first-order valence-electron chi connectivity index (χ1n) is 7.33. The van der Waals surface area contributed by atoms with E-state index in [1.807, 2.05) is 47.0 Å². The number of aromatic nitrogens is 1. The summed E-state index contributed by atoms with van der Waals surface area (Å²) in [6.45, 7) is 0. The molecular weight excluding hydrogens is 310 g/mol. The molecular formula is C18H15NO3S. The number of hydrogen-bond acceptors (Lipinski definition) is 4. The van der Waals surface area contributed by atoms with Crippen LogP contribution in [0, 0.1) is 0 Å². The number of ether oxygens (including phenoxy) is 1. The average molecular weight is 325 g/mol. The second-order valence-electron chi connectivity index (χ2n) is 5.31. The van der Waals surface area contributed by atoms with Gasteiger partial charge in [-0.15, -0.1) is 0 Å². The van der Waals surface area contributed by atoms with Crippen molar-refractivity contribution in [3.05, 3.63) is 65.9 Å². The van der Waals surface area contributed by atoms with E-state index in [0.717, 1.165) is 22.6 Å². The molecule has 0 radical (unpaired) electrons. The van der Waals surface area contributed by atoms with Gasteiger partial charge in [0.1, 0.15) is 11.7 Å². The zero-order chi connectivity index (χ0) is 15.8. The number of oxazole rings is 1. The molecule has 0 unspecified atom stereocenters. The molecule has 1 aliphatic heterocycles. The van der Waals surface area contributed by atoms with Gasteiger partial charge in [0.05, 0.1) is 18.4 Å². The smallest absolute Gasteiger partial charge is 0.270 e.